The highest BCUT2D eigenvalue weighted by molar-refractivity contribution is 5.82. The molecule has 0 aromatic heterocycles. The van der Waals surface area contributed by atoms with Crippen molar-refractivity contribution in [1.29, 1.82) is 0 Å². The van der Waals surface area contributed by atoms with Crippen molar-refractivity contribution in [3.8, 4) is 0 Å². The van der Waals surface area contributed by atoms with Crippen LogP contribution in [0.3, 0.4) is 0 Å². The lowest BCUT2D eigenvalue weighted by atomic mass is 9.96. The fourth-order valence-corrected chi connectivity index (χ4v) is 5.71. The molecule has 4 aromatic rings. The van der Waals surface area contributed by atoms with Crippen LogP contribution in [0.25, 0.3) is 10.8 Å². The Hall–Kier alpha value is -2.98. The topological polar surface area (TPSA) is 15.7 Å². The van der Waals surface area contributed by atoms with Crippen molar-refractivity contribution < 1.29 is 4.74 Å². The second-order valence-corrected chi connectivity index (χ2v) is 10.6. The number of benzene rings is 4. The lowest BCUT2D eigenvalue weighted by Crippen LogP contribution is -2.48. The molecule has 0 unspecified atom stereocenters. The Bertz CT molecular complexity index is 1180. The quantitative estimate of drug-likeness (QED) is 0.176. The minimum absolute atomic E-state index is 0.348. The van der Waals surface area contributed by atoms with Gasteiger partial charge in [-0.15, -0.1) is 0 Å². The third-order valence-electron chi connectivity index (χ3n) is 7.86. The second-order valence-electron chi connectivity index (χ2n) is 10.6. The number of hydrogen-bond donors (Lipinski definition) is 0. The van der Waals surface area contributed by atoms with E-state index in [0.29, 0.717) is 6.04 Å². The van der Waals surface area contributed by atoms with Gasteiger partial charge in [0.2, 0.25) is 0 Å². The van der Waals surface area contributed by atoms with E-state index in [1.807, 2.05) is 0 Å². The van der Waals surface area contributed by atoms with E-state index in [9.17, 15) is 0 Å². The molecule has 3 nitrogen and oxygen atoms in total. The Morgan fingerprint density at radius 1 is 0.579 bits per heavy atom. The molecular formula is C35H42N2O. The van der Waals surface area contributed by atoms with Crippen molar-refractivity contribution in [2.45, 2.75) is 38.1 Å². The highest BCUT2D eigenvalue weighted by Gasteiger charge is 2.26. The molecule has 0 radical (unpaired) electrons. The summed E-state index contributed by atoms with van der Waals surface area (Å²) in [4.78, 5) is 5.32. The number of rotatable bonds is 13. The van der Waals surface area contributed by atoms with Crippen LogP contribution < -0.4 is 0 Å². The fraction of sp³-hybridized carbons (Fsp3) is 0.371. The van der Waals surface area contributed by atoms with Crippen LogP contribution in [0.2, 0.25) is 0 Å². The maximum Gasteiger partial charge on any atom is 0.0602 e. The van der Waals surface area contributed by atoms with Gasteiger partial charge in [0.15, 0.2) is 0 Å². The van der Waals surface area contributed by atoms with Gasteiger partial charge in [-0.3, -0.25) is 4.90 Å². The summed E-state index contributed by atoms with van der Waals surface area (Å²) in [5.41, 5.74) is 4.15. The van der Waals surface area contributed by atoms with Crippen LogP contribution in [0.15, 0.2) is 103 Å². The molecule has 38 heavy (non-hydrogen) atoms. The van der Waals surface area contributed by atoms with E-state index in [-0.39, 0.29) is 0 Å². The molecule has 1 aliphatic heterocycles. The van der Waals surface area contributed by atoms with Crippen LogP contribution in [0.5, 0.6) is 0 Å². The fourth-order valence-electron chi connectivity index (χ4n) is 5.71. The average Bonchev–Trinajstić information content (AvgIpc) is 2.98. The SMILES string of the molecule is c1ccc(C(c2ccccc2)N2CCN(CCCCCCOCCc3ccc4ccccc4c3)CC2)cc1. The normalized spacial score (nSPS) is 14.9. The Kier molecular flexibility index (Phi) is 9.98. The zero-order valence-electron chi connectivity index (χ0n) is 22.7. The van der Waals surface area contributed by atoms with Crippen LogP contribution in [-0.2, 0) is 11.2 Å². The van der Waals surface area contributed by atoms with Crippen LogP contribution in [0.4, 0.5) is 0 Å². The molecular weight excluding hydrogens is 464 g/mol. The first-order valence-electron chi connectivity index (χ1n) is 14.5. The smallest absolute Gasteiger partial charge is 0.0602 e. The molecule has 5 rings (SSSR count). The van der Waals surface area contributed by atoms with Gasteiger partial charge in [0.1, 0.15) is 0 Å². The summed E-state index contributed by atoms with van der Waals surface area (Å²) in [6.07, 6.45) is 6.01. The molecule has 0 saturated carbocycles. The Balaban J connectivity index is 0.950. The first-order valence-corrected chi connectivity index (χ1v) is 14.5. The maximum absolute atomic E-state index is 5.94. The van der Waals surface area contributed by atoms with E-state index >= 15 is 0 Å². The largest absolute Gasteiger partial charge is 0.381 e. The lowest BCUT2D eigenvalue weighted by molar-refractivity contribution is 0.107. The van der Waals surface area contributed by atoms with Crippen LogP contribution in [-0.4, -0.2) is 55.7 Å². The third kappa shape index (κ3) is 7.54. The number of fused-ring (bicyclic) bond motifs is 1. The zero-order valence-corrected chi connectivity index (χ0v) is 22.7. The summed E-state index contributed by atoms with van der Waals surface area (Å²) < 4.78 is 5.94. The van der Waals surface area contributed by atoms with Gasteiger partial charge in [0, 0.05) is 32.8 Å². The summed E-state index contributed by atoms with van der Waals surface area (Å²) >= 11 is 0. The molecule has 0 N–H and O–H groups in total. The van der Waals surface area contributed by atoms with E-state index in [4.69, 9.17) is 4.74 Å². The number of hydrogen-bond acceptors (Lipinski definition) is 3. The van der Waals surface area contributed by atoms with E-state index < -0.39 is 0 Å². The summed E-state index contributed by atoms with van der Waals surface area (Å²) in [6.45, 7) is 7.49. The Morgan fingerprint density at radius 2 is 1.21 bits per heavy atom. The molecule has 1 saturated heterocycles. The van der Waals surface area contributed by atoms with Gasteiger partial charge in [-0.05, 0) is 53.3 Å². The highest BCUT2D eigenvalue weighted by Crippen LogP contribution is 2.29. The molecule has 0 spiro atoms. The summed E-state index contributed by atoms with van der Waals surface area (Å²) in [7, 11) is 0. The molecule has 1 aliphatic rings. The molecule has 1 fully saturated rings. The minimum Gasteiger partial charge on any atom is -0.381 e. The molecule has 0 atom stereocenters. The minimum atomic E-state index is 0.348. The molecule has 0 aliphatic carbocycles. The van der Waals surface area contributed by atoms with Crippen LogP contribution >= 0.6 is 0 Å². The standard InChI is InChI=1S/C35H42N2O/c1(2-12-27-38-28-21-30-19-20-31-13-9-10-18-34(31)29-30)11-22-36-23-25-37(26-24-36)35(32-14-5-3-6-15-32)33-16-7-4-8-17-33/h3-10,13-20,29,35H,1-2,11-12,21-28H2. The van der Waals surface area contributed by atoms with Gasteiger partial charge in [-0.1, -0.05) is 116 Å². The van der Waals surface area contributed by atoms with Crippen molar-refractivity contribution in [2.24, 2.45) is 0 Å². The number of unbranched alkanes of at least 4 members (excludes halogenated alkanes) is 3. The molecule has 0 amide bonds. The molecule has 4 aromatic carbocycles. The lowest BCUT2D eigenvalue weighted by Gasteiger charge is -2.39. The van der Waals surface area contributed by atoms with Crippen molar-refractivity contribution in [3.05, 3.63) is 120 Å². The van der Waals surface area contributed by atoms with Crippen molar-refractivity contribution in [2.75, 3.05) is 45.9 Å². The van der Waals surface area contributed by atoms with Crippen LogP contribution in [0.1, 0.15) is 48.4 Å². The summed E-state index contributed by atoms with van der Waals surface area (Å²) in [5.74, 6) is 0. The van der Waals surface area contributed by atoms with Gasteiger partial charge in [0.05, 0.1) is 12.6 Å². The van der Waals surface area contributed by atoms with Crippen molar-refractivity contribution >= 4 is 10.8 Å². The second kappa shape index (κ2) is 14.2. The average molecular weight is 507 g/mol. The molecule has 3 heteroatoms. The van der Waals surface area contributed by atoms with E-state index in [0.717, 1.165) is 45.8 Å². The molecule has 198 valence electrons. The predicted octanol–water partition coefficient (Wildman–Crippen LogP) is 7.37. The van der Waals surface area contributed by atoms with E-state index in [1.54, 1.807) is 0 Å². The highest BCUT2D eigenvalue weighted by atomic mass is 16.5. The maximum atomic E-state index is 5.94. The first kappa shape index (κ1) is 26.6. The van der Waals surface area contributed by atoms with Gasteiger partial charge in [-0.2, -0.15) is 0 Å². The van der Waals surface area contributed by atoms with Crippen molar-refractivity contribution in [1.82, 2.24) is 9.80 Å². The predicted molar refractivity (Wildman–Crippen MR) is 160 cm³/mol. The van der Waals surface area contributed by atoms with Crippen LogP contribution in [0, 0.1) is 0 Å². The zero-order chi connectivity index (χ0) is 25.8. The number of piperazine rings is 1. The van der Waals surface area contributed by atoms with Gasteiger partial charge < -0.3 is 9.64 Å². The first-order chi connectivity index (χ1) is 18.9. The molecule has 0 bridgehead atoms. The van der Waals surface area contributed by atoms with E-state index in [2.05, 4.69) is 113 Å². The van der Waals surface area contributed by atoms with Gasteiger partial charge >= 0.3 is 0 Å². The number of nitrogens with zero attached hydrogens (tertiary/aromatic N) is 2. The van der Waals surface area contributed by atoms with Crippen molar-refractivity contribution in [3.63, 3.8) is 0 Å². The van der Waals surface area contributed by atoms with E-state index in [1.165, 1.54) is 59.7 Å². The monoisotopic (exact) mass is 506 g/mol. The Morgan fingerprint density at radius 3 is 1.92 bits per heavy atom. The van der Waals surface area contributed by atoms with Gasteiger partial charge in [0.25, 0.3) is 0 Å². The number of ether oxygens (including phenoxy) is 1. The summed E-state index contributed by atoms with van der Waals surface area (Å²) in [6, 6.07) is 37.6. The molecule has 1 heterocycles. The third-order valence-corrected chi connectivity index (χ3v) is 7.86. The Labute approximate surface area is 229 Å². The summed E-state index contributed by atoms with van der Waals surface area (Å²) in [5, 5.41) is 2.63. The van der Waals surface area contributed by atoms with Gasteiger partial charge in [-0.25, -0.2) is 0 Å².